The number of thiocarbonyl (C=S) groups is 1. The van der Waals surface area contributed by atoms with Crippen LogP contribution in [0.3, 0.4) is 0 Å². The van der Waals surface area contributed by atoms with Crippen molar-refractivity contribution in [3.05, 3.63) is 94.1 Å². The molecule has 1 fully saturated rings. The zero-order valence-electron chi connectivity index (χ0n) is 26.7. The highest BCUT2D eigenvalue weighted by molar-refractivity contribution is 8.00. The van der Waals surface area contributed by atoms with E-state index in [9.17, 15) is 19.2 Å². The molecule has 2 amide bonds. The normalized spacial score (nSPS) is 17.8. The van der Waals surface area contributed by atoms with Crippen molar-refractivity contribution in [3.63, 3.8) is 0 Å². The number of β-lactam (4-membered cyclic amide) rings is 1. The number of nitrogens with two attached hydrogens (primary N) is 1. The molecule has 13 nitrogen and oxygen atoms in total. The van der Waals surface area contributed by atoms with Crippen LogP contribution in [0.4, 0.5) is 5.13 Å². The number of oxime groups is 1. The Morgan fingerprint density at radius 3 is 2.31 bits per heavy atom. The Morgan fingerprint density at radius 2 is 1.71 bits per heavy atom. The fourth-order valence-electron chi connectivity index (χ4n) is 4.97. The van der Waals surface area contributed by atoms with Crippen LogP contribution >= 0.6 is 35.3 Å². The van der Waals surface area contributed by atoms with Crippen molar-refractivity contribution in [2.45, 2.75) is 51.0 Å². The van der Waals surface area contributed by atoms with Gasteiger partial charge < -0.3 is 30.1 Å². The van der Waals surface area contributed by atoms with Crippen molar-refractivity contribution in [2.24, 2.45) is 5.16 Å². The van der Waals surface area contributed by atoms with E-state index in [0.717, 1.165) is 28.0 Å². The molecular formula is C33H33N5O8S3. The number of hydrogen-bond acceptors (Lipinski definition) is 14. The van der Waals surface area contributed by atoms with Crippen molar-refractivity contribution in [2.75, 3.05) is 18.1 Å². The highest BCUT2D eigenvalue weighted by Gasteiger charge is 2.53. The third-order valence-electron chi connectivity index (χ3n) is 7.27. The Balaban J connectivity index is 1.25. The van der Waals surface area contributed by atoms with Gasteiger partial charge in [-0.25, -0.2) is 9.78 Å². The number of carbonyl (C=O) groups is 4. The maximum Gasteiger partial charge on any atom is 0.347 e. The van der Waals surface area contributed by atoms with E-state index in [1.165, 1.54) is 29.0 Å². The van der Waals surface area contributed by atoms with Gasteiger partial charge in [0.25, 0.3) is 11.8 Å². The molecule has 2 aliphatic rings. The standard InChI is InChI=1S/C33H33N5O8S3/c1-4-23(39)44-19(3)45-32(47)27-18(2)16-48-31-26(30(42)38(27)31)36-29(41)25(22-17-49-33(34)35-22)37-43-15-24(40)46-28(20-11-7-5-8-12-20)21-13-9-6-10-14-21/h5-14,17,19,26,28,31H,4,15-16H2,1-3H3,(H2,34,35)(H,36,41)/t19?,26?,31-/m1/s1. The molecule has 3 aromatic rings. The van der Waals surface area contributed by atoms with Crippen LogP contribution in [-0.2, 0) is 38.2 Å². The van der Waals surface area contributed by atoms with Gasteiger partial charge in [0, 0.05) is 24.5 Å². The highest BCUT2D eigenvalue weighted by atomic mass is 32.2. The average molecular weight is 724 g/mol. The molecule has 1 saturated heterocycles. The zero-order chi connectivity index (χ0) is 35.1. The number of nitrogens with zero attached hydrogens (tertiary/aromatic N) is 3. The molecule has 0 saturated carbocycles. The average Bonchev–Trinajstić information content (AvgIpc) is 3.53. The van der Waals surface area contributed by atoms with Gasteiger partial charge in [-0.05, 0) is 35.8 Å². The van der Waals surface area contributed by atoms with Gasteiger partial charge in [0.15, 0.2) is 16.9 Å². The Morgan fingerprint density at radius 1 is 1.06 bits per heavy atom. The van der Waals surface area contributed by atoms with Gasteiger partial charge in [0.1, 0.15) is 17.1 Å². The molecule has 5 rings (SSSR count). The second kappa shape index (κ2) is 16.1. The number of fused-ring (bicyclic) bond motifs is 1. The number of nitrogens with one attached hydrogen (secondary N) is 1. The minimum Gasteiger partial charge on any atom is -0.450 e. The van der Waals surface area contributed by atoms with E-state index < -0.39 is 54.2 Å². The third kappa shape index (κ3) is 8.44. The number of amides is 2. The molecule has 3 N–H and O–H groups in total. The molecule has 0 bridgehead atoms. The highest BCUT2D eigenvalue weighted by Crippen LogP contribution is 2.41. The van der Waals surface area contributed by atoms with Gasteiger partial charge in [-0.2, -0.15) is 0 Å². The van der Waals surface area contributed by atoms with Gasteiger partial charge in [0.05, 0.1) is 5.70 Å². The van der Waals surface area contributed by atoms with Crippen LogP contribution < -0.4 is 11.1 Å². The number of esters is 2. The summed E-state index contributed by atoms with van der Waals surface area (Å²) in [6, 6.07) is 17.5. The second-order valence-corrected chi connectivity index (χ2v) is 13.1. The SMILES string of the molecule is CCC(=O)OC(C)OC(=S)C1=C(C)CS[C@@H]2C(NC(=O)C(=NOCC(=O)OC(c3ccccc3)c3ccccc3)c3csc(N)n3)C(=O)N12. The topological polar surface area (TPSA) is 172 Å². The lowest BCUT2D eigenvalue weighted by Crippen LogP contribution is -2.71. The first-order valence-corrected chi connectivity index (χ1v) is 17.5. The smallest absolute Gasteiger partial charge is 0.347 e. The van der Waals surface area contributed by atoms with Crippen LogP contribution in [0, 0.1) is 0 Å². The van der Waals surface area contributed by atoms with Crippen LogP contribution in [0.15, 0.2) is 82.5 Å². The van der Waals surface area contributed by atoms with E-state index in [4.69, 9.17) is 37.0 Å². The second-order valence-electron chi connectivity index (χ2n) is 10.8. The molecule has 256 valence electrons. The molecule has 0 radical (unpaired) electrons. The maximum absolute atomic E-state index is 13.6. The van der Waals surface area contributed by atoms with Crippen molar-refractivity contribution in [1.29, 1.82) is 0 Å². The number of benzene rings is 2. The van der Waals surface area contributed by atoms with Gasteiger partial charge in [0.2, 0.25) is 17.9 Å². The van der Waals surface area contributed by atoms with Gasteiger partial charge >= 0.3 is 11.9 Å². The number of anilines is 1. The predicted molar refractivity (Wildman–Crippen MR) is 187 cm³/mol. The minimum atomic E-state index is -0.954. The van der Waals surface area contributed by atoms with E-state index in [1.54, 1.807) is 6.92 Å². The fraction of sp³-hybridized carbons (Fsp3) is 0.303. The number of ether oxygens (including phenoxy) is 3. The summed E-state index contributed by atoms with van der Waals surface area (Å²) < 4.78 is 16.5. The molecule has 3 atom stereocenters. The summed E-state index contributed by atoms with van der Waals surface area (Å²) in [6.45, 7) is 4.39. The first kappa shape index (κ1) is 35.5. The minimum absolute atomic E-state index is 0.000386. The Labute approximate surface area is 295 Å². The number of thioether (sulfide) groups is 1. The molecule has 3 heterocycles. The van der Waals surface area contributed by atoms with Crippen LogP contribution in [0.1, 0.15) is 50.1 Å². The summed E-state index contributed by atoms with van der Waals surface area (Å²) in [4.78, 5) is 62.4. The molecule has 2 aromatic carbocycles. The number of rotatable bonds is 13. The lowest BCUT2D eigenvalue weighted by atomic mass is 10.0. The van der Waals surface area contributed by atoms with Crippen LogP contribution in [-0.4, -0.2) is 74.5 Å². The van der Waals surface area contributed by atoms with Gasteiger partial charge in [-0.1, -0.05) is 72.7 Å². The van der Waals surface area contributed by atoms with Crippen molar-refractivity contribution in [3.8, 4) is 0 Å². The first-order chi connectivity index (χ1) is 23.6. The summed E-state index contributed by atoms with van der Waals surface area (Å²) in [6.07, 6.45) is -1.48. The first-order valence-electron chi connectivity index (χ1n) is 15.1. The predicted octanol–water partition coefficient (Wildman–Crippen LogP) is 4.10. The van der Waals surface area contributed by atoms with E-state index in [1.807, 2.05) is 67.6 Å². The number of nitrogen functional groups attached to an aromatic ring is 1. The summed E-state index contributed by atoms with van der Waals surface area (Å²) in [7, 11) is 0. The van der Waals surface area contributed by atoms with Crippen molar-refractivity contribution in [1.82, 2.24) is 15.2 Å². The Kier molecular flexibility index (Phi) is 11.6. The maximum atomic E-state index is 13.6. The quantitative estimate of drug-likeness (QED) is 0.0647. The third-order valence-corrected chi connectivity index (χ3v) is 9.66. The molecule has 0 aliphatic carbocycles. The van der Waals surface area contributed by atoms with E-state index >= 15 is 0 Å². The molecule has 16 heteroatoms. The number of hydrogen-bond donors (Lipinski definition) is 2. The fourth-order valence-corrected chi connectivity index (χ4v) is 7.22. The Bertz CT molecular complexity index is 1740. The zero-order valence-corrected chi connectivity index (χ0v) is 29.1. The summed E-state index contributed by atoms with van der Waals surface area (Å²) >= 11 is 7.97. The Hall–Kier alpha value is -4.80. The van der Waals surface area contributed by atoms with Crippen molar-refractivity contribution >= 4 is 75.0 Å². The van der Waals surface area contributed by atoms with Gasteiger partial charge in [-0.15, -0.1) is 23.1 Å². The van der Waals surface area contributed by atoms with Crippen LogP contribution in [0.5, 0.6) is 0 Å². The summed E-state index contributed by atoms with van der Waals surface area (Å²) in [5, 5.41) is 7.81. The number of aromatic nitrogens is 1. The molecule has 1 aromatic heterocycles. The molecule has 0 spiro atoms. The number of thiazole rings is 1. The molecule has 49 heavy (non-hydrogen) atoms. The number of carbonyl (C=O) groups excluding carboxylic acids is 4. The summed E-state index contributed by atoms with van der Waals surface area (Å²) in [5.41, 5.74) is 8.34. The van der Waals surface area contributed by atoms with E-state index in [-0.39, 0.29) is 28.0 Å². The lowest BCUT2D eigenvalue weighted by Gasteiger charge is -2.50. The van der Waals surface area contributed by atoms with Gasteiger partial charge in [-0.3, -0.25) is 19.3 Å². The monoisotopic (exact) mass is 723 g/mol. The van der Waals surface area contributed by atoms with E-state index in [2.05, 4.69) is 15.5 Å². The molecule has 2 unspecified atom stereocenters. The largest absolute Gasteiger partial charge is 0.450 e. The van der Waals surface area contributed by atoms with Crippen LogP contribution in [0.2, 0.25) is 0 Å². The van der Waals surface area contributed by atoms with E-state index in [0.29, 0.717) is 11.4 Å². The molecular weight excluding hydrogens is 691 g/mol. The lowest BCUT2D eigenvalue weighted by molar-refractivity contribution is -0.162. The molecule has 2 aliphatic heterocycles. The summed E-state index contributed by atoms with van der Waals surface area (Å²) in [5.74, 6) is -1.88. The van der Waals surface area contributed by atoms with Crippen molar-refractivity contribution < 1.29 is 38.2 Å². The van der Waals surface area contributed by atoms with Crippen LogP contribution in [0.25, 0.3) is 0 Å².